The van der Waals surface area contributed by atoms with Crippen LogP contribution >= 0.6 is 0 Å². The van der Waals surface area contributed by atoms with Crippen molar-refractivity contribution in [1.82, 2.24) is 19.1 Å². The number of aromatic nitrogens is 3. The predicted octanol–water partition coefficient (Wildman–Crippen LogP) is 2.12. The molecule has 3 heterocycles. The Kier molecular flexibility index (Phi) is 4.26. The first-order valence-electron chi connectivity index (χ1n) is 7.50. The highest BCUT2D eigenvalue weighted by atomic mass is 32.2. The van der Waals surface area contributed by atoms with Gasteiger partial charge in [-0.25, -0.2) is 8.42 Å². The van der Waals surface area contributed by atoms with E-state index in [4.69, 9.17) is 0 Å². The zero-order valence-electron chi connectivity index (χ0n) is 12.6. The molecule has 3 rings (SSSR count). The molecule has 0 bridgehead atoms. The van der Waals surface area contributed by atoms with E-state index in [0.29, 0.717) is 6.54 Å². The van der Waals surface area contributed by atoms with E-state index in [1.54, 1.807) is 27.3 Å². The van der Waals surface area contributed by atoms with Crippen molar-refractivity contribution in [2.24, 2.45) is 7.05 Å². The molecule has 0 unspecified atom stereocenters. The topological polar surface area (TPSA) is 68.1 Å². The number of pyridine rings is 1. The largest absolute Gasteiger partial charge is 0.275 e. The second kappa shape index (κ2) is 6.18. The van der Waals surface area contributed by atoms with Gasteiger partial charge in [-0.3, -0.25) is 9.67 Å². The molecule has 0 aliphatic carbocycles. The summed E-state index contributed by atoms with van der Waals surface area (Å²) in [5, 5.41) is 4.43. The van der Waals surface area contributed by atoms with E-state index in [1.165, 1.54) is 6.20 Å². The fourth-order valence-electron chi connectivity index (χ4n) is 2.91. The summed E-state index contributed by atoms with van der Waals surface area (Å²) in [4.78, 5) is 4.19. The van der Waals surface area contributed by atoms with Gasteiger partial charge in [0, 0.05) is 32.2 Å². The minimum absolute atomic E-state index is 0.200. The van der Waals surface area contributed by atoms with E-state index in [-0.39, 0.29) is 10.9 Å². The van der Waals surface area contributed by atoms with Gasteiger partial charge < -0.3 is 0 Å². The lowest BCUT2D eigenvalue weighted by atomic mass is 10.1. The van der Waals surface area contributed by atoms with Crippen molar-refractivity contribution in [2.45, 2.75) is 36.6 Å². The van der Waals surface area contributed by atoms with Crippen molar-refractivity contribution in [1.29, 1.82) is 0 Å². The van der Waals surface area contributed by atoms with Crippen molar-refractivity contribution in [3.05, 3.63) is 42.5 Å². The third-order valence-electron chi connectivity index (χ3n) is 4.02. The Morgan fingerprint density at radius 1 is 1.23 bits per heavy atom. The molecule has 7 heteroatoms. The van der Waals surface area contributed by atoms with Gasteiger partial charge in [0.15, 0.2) is 0 Å². The van der Waals surface area contributed by atoms with Gasteiger partial charge in [-0.15, -0.1) is 0 Å². The third kappa shape index (κ3) is 2.91. The highest BCUT2D eigenvalue weighted by Gasteiger charge is 2.34. The molecule has 0 amide bonds. The molecule has 0 aromatic carbocycles. The number of sulfonamides is 1. The monoisotopic (exact) mass is 320 g/mol. The van der Waals surface area contributed by atoms with Gasteiger partial charge in [-0.1, -0.05) is 12.8 Å². The van der Waals surface area contributed by atoms with Crippen LogP contribution in [0, 0.1) is 0 Å². The van der Waals surface area contributed by atoms with Gasteiger partial charge in [0.1, 0.15) is 4.90 Å². The molecule has 1 fully saturated rings. The Hall–Kier alpha value is -1.73. The number of nitrogens with zero attached hydrogens (tertiary/aromatic N) is 4. The van der Waals surface area contributed by atoms with Crippen LogP contribution in [0.15, 0.2) is 41.7 Å². The van der Waals surface area contributed by atoms with Crippen LogP contribution in [0.3, 0.4) is 0 Å². The molecule has 0 saturated carbocycles. The molecule has 0 spiro atoms. The molecule has 0 N–H and O–H groups in total. The minimum Gasteiger partial charge on any atom is -0.275 e. The molecule has 1 aliphatic rings. The number of rotatable bonds is 3. The maximum Gasteiger partial charge on any atom is 0.245 e. The van der Waals surface area contributed by atoms with Crippen LogP contribution in [-0.2, 0) is 17.1 Å². The van der Waals surface area contributed by atoms with E-state index >= 15 is 0 Å². The lowest BCUT2D eigenvalue weighted by Gasteiger charge is -2.27. The average molecular weight is 320 g/mol. The smallest absolute Gasteiger partial charge is 0.245 e. The first-order valence-corrected chi connectivity index (χ1v) is 8.94. The molecule has 2 aromatic heterocycles. The molecule has 22 heavy (non-hydrogen) atoms. The van der Waals surface area contributed by atoms with Gasteiger partial charge in [0.25, 0.3) is 0 Å². The lowest BCUT2D eigenvalue weighted by Crippen LogP contribution is -2.35. The summed E-state index contributed by atoms with van der Waals surface area (Å²) in [6.45, 7) is 0.526. The Morgan fingerprint density at radius 3 is 2.77 bits per heavy atom. The van der Waals surface area contributed by atoms with E-state index < -0.39 is 10.0 Å². The van der Waals surface area contributed by atoms with Crippen molar-refractivity contribution >= 4 is 10.0 Å². The van der Waals surface area contributed by atoms with E-state index in [1.807, 2.05) is 19.3 Å². The van der Waals surface area contributed by atoms with E-state index in [9.17, 15) is 8.42 Å². The van der Waals surface area contributed by atoms with Crippen LogP contribution in [0.4, 0.5) is 0 Å². The zero-order chi connectivity index (χ0) is 15.6. The molecule has 1 saturated heterocycles. The van der Waals surface area contributed by atoms with Crippen LogP contribution in [0.5, 0.6) is 0 Å². The zero-order valence-corrected chi connectivity index (χ0v) is 13.4. The lowest BCUT2D eigenvalue weighted by molar-refractivity contribution is 0.321. The molecule has 1 atom stereocenters. The third-order valence-corrected chi connectivity index (χ3v) is 5.91. The molecule has 6 nitrogen and oxygen atoms in total. The fourth-order valence-corrected chi connectivity index (χ4v) is 4.54. The summed E-state index contributed by atoms with van der Waals surface area (Å²) in [5.74, 6) is 0. The first kappa shape index (κ1) is 15.2. The van der Waals surface area contributed by atoms with Gasteiger partial charge in [-0.2, -0.15) is 9.40 Å². The van der Waals surface area contributed by atoms with Gasteiger partial charge >= 0.3 is 0 Å². The maximum absolute atomic E-state index is 13.0. The normalized spacial score (nSPS) is 20.7. The molecular weight excluding hydrogens is 300 g/mol. The Balaban J connectivity index is 2.00. The molecule has 0 radical (unpaired) electrons. The predicted molar refractivity (Wildman–Crippen MR) is 82.5 cm³/mol. The fraction of sp³-hybridized carbons (Fsp3) is 0.467. The second-order valence-corrected chi connectivity index (χ2v) is 7.47. The average Bonchev–Trinajstić information content (AvgIpc) is 2.81. The number of hydrogen-bond acceptors (Lipinski definition) is 4. The number of hydrogen-bond donors (Lipinski definition) is 0. The van der Waals surface area contributed by atoms with Crippen LogP contribution in [-0.4, -0.2) is 34.0 Å². The SMILES string of the molecule is Cn1ccc([C@H]2CCCCCN2S(=O)(=O)c2cccnc2)n1. The highest BCUT2D eigenvalue weighted by molar-refractivity contribution is 7.89. The minimum atomic E-state index is -3.55. The Bertz CT molecular complexity index is 727. The summed E-state index contributed by atoms with van der Waals surface area (Å²) in [6, 6.07) is 4.96. The van der Waals surface area contributed by atoms with Gasteiger partial charge in [0.05, 0.1) is 11.7 Å². The van der Waals surface area contributed by atoms with Crippen LogP contribution < -0.4 is 0 Å². The standard InChI is InChI=1S/C15H20N4O2S/c1-18-11-8-14(17-18)15-7-3-2-4-10-19(15)22(20,21)13-6-5-9-16-12-13/h5-6,8-9,11-12,15H,2-4,7,10H2,1H3/t15-/m1/s1. The van der Waals surface area contributed by atoms with E-state index in [0.717, 1.165) is 31.4 Å². The quantitative estimate of drug-likeness (QED) is 0.869. The van der Waals surface area contributed by atoms with Crippen LogP contribution in [0.2, 0.25) is 0 Å². The Morgan fingerprint density at radius 2 is 2.09 bits per heavy atom. The van der Waals surface area contributed by atoms with Gasteiger partial charge in [0.2, 0.25) is 10.0 Å². The molecule has 1 aliphatic heterocycles. The summed E-state index contributed by atoms with van der Waals surface area (Å²) in [7, 11) is -1.70. The first-order chi connectivity index (χ1) is 10.6. The number of aryl methyl sites for hydroxylation is 1. The van der Waals surface area contributed by atoms with E-state index in [2.05, 4.69) is 10.1 Å². The summed E-state index contributed by atoms with van der Waals surface area (Å²) < 4.78 is 29.3. The summed E-state index contributed by atoms with van der Waals surface area (Å²) in [5.41, 5.74) is 0.817. The van der Waals surface area contributed by atoms with Crippen molar-refractivity contribution < 1.29 is 8.42 Å². The van der Waals surface area contributed by atoms with Crippen molar-refractivity contribution in [2.75, 3.05) is 6.54 Å². The molecule has 2 aromatic rings. The van der Waals surface area contributed by atoms with Crippen LogP contribution in [0.1, 0.15) is 37.4 Å². The van der Waals surface area contributed by atoms with Gasteiger partial charge in [-0.05, 0) is 31.0 Å². The van der Waals surface area contributed by atoms with Crippen molar-refractivity contribution in [3.63, 3.8) is 0 Å². The highest BCUT2D eigenvalue weighted by Crippen LogP contribution is 2.33. The van der Waals surface area contributed by atoms with Crippen molar-refractivity contribution in [3.8, 4) is 0 Å². The molecule has 118 valence electrons. The Labute approximate surface area is 130 Å². The maximum atomic E-state index is 13.0. The van der Waals surface area contributed by atoms with Crippen LogP contribution in [0.25, 0.3) is 0 Å². The summed E-state index contributed by atoms with van der Waals surface area (Å²) in [6.07, 6.45) is 8.59. The summed E-state index contributed by atoms with van der Waals surface area (Å²) >= 11 is 0. The second-order valence-electron chi connectivity index (χ2n) is 5.58. The molecular formula is C15H20N4O2S.